The predicted octanol–water partition coefficient (Wildman–Crippen LogP) is 5.88. The van der Waals surface area contributed by atoms with Gasteiger partial charge in [-0.1, -0.05) is 110 Å². The van der Waals surface area contributed by atoms with Crippen molar-refractivity contribution in [2.75, 3.05) is 6.54 Å². The van der Waals surface area contributed by atoms with Crippen LogP contribution in [0.1, 0.15) is 111 Å². The molecule has 0 aromatic heterocycles. The minimum Gasteiger partial charge on any atom is -0.508 e. The third-order valence-electron chi connectivity index (χ3n) is 8.09. The van der Waals surface area contributed by atoms with Crippen molar-refractivity contribution in [2.24, 2.45) is 11.8 Å². The maximum atomic E-state index is 13.7. The highest BCUT2D eigenvalue weighted by Gasteiger charge is 2.35. The average molecular weight is 681 g/mol. The lowest BCUT2D eigenvalue weighted by atomic mass is 9.94. The van der Waals surface area contributed by atoms with Gasteiger partial charge in [-0.3, -0.25) is 24.2 Å². The minimum absolute atomic E-state index is 0.0280. The number of aromatic hydroxyl groups is 1. The van der Waals surface area contributed by atoms with Gasteiger partial charge in [0.25, 0.3) is 5.91 Å². The van der Waals surface area contributed by atoms with Crippen LogP contribution in [0.5, 0.6) is 5.75 Å². The molecule has 0 aliphatic carbocycles. The van der Waals surface area contributed by atoms with E-state index >= 15 is 0 Å². The molecule has 1 saturated heterocycles. The monoisotopic (exact) mass is 680 g/mol. The van der Waals surface area contributed by atoms with E-state index in [1.807, 2.05) is 45.9 Å². The fourth-order valence-corrected chi connectivity index (χ4v) is 5.25. The summed E-state index contributed by atoms with van der Waals surface area (Å²) in [6.45, 7) is 17.1. The summed E-state index contributed by atoms with van der Waals surface area (Å²) in [5.41, 5.74) is 5.19. The first-order valence-corrected chi connectivity index (χ1v) is 17.8. The van der Waals surface area contributed by atoms with E-state index in [1.165, 1.54) is 24.1 Å². The Morgan fingerprint density at radius 1 is 0.980 bits per heavy atom. The van der Waals surface area contributed by atoms with Gasteiger partial charge >= 0.3 is 0 Å². The van der Waals surface area contributed by atoms with Crippen LogP contribution in [0.25, 0.3) is 6.08 Å². The summed E-state index contributed by atoms with van der Waals surface area (Å²) in [7, 11) is 0. The SMILES string of the molecule is CC.CC.CCC/C=C/c1ccc(C(O)C(C)C(=O)NC(C(=O)NC(Cc2cccc(O)c2)C(=O)N2CCCC(C(C)=O)N2)C(C)C)cc1. The number of benzene rings is 2. The molecule has 2 aromatic rings. The van der Waals surface area contributed by atoms with E-state index < -0.39 is 47.9 Å². The summed E-state index contributed by atoms with van der Waals surface area (Å²) in [6, 6.07) is 11.3. The molecule has 0 saturated carbocycles. The van der Waals surface area contributed by atoms with Gasteiger partial charge in [-0.2, -0.15) is 0 Å². The number of amides is 3. The number of aliphatic hydroxyl groups excluding tert-OH is 1. The van der Waals surface area contributed by atoms with E-state index in [2.05, 4.69) is 29.1 Å². The van der Waals surface area contributed by atoms with E-state index in [0.717, 1.165) is 18.4 Å². The first kappa shape index (κ1) is 43.0. The Hall–Kier alpha value is -4.02. The van der Waals surface area contributed by atoms with Crippen LogP contribution in [0.3, 0.4) is 0 Å². The molecule has 10 nitrogen and oxygen atoms in total. The highest BCUT2D eigenvalue weighted by Crippen LogP contribution is 2.23. The van der Waals surface area contributed by atoms with Crippen molar-refractivity contribution in [2.45, 2.75) is 119 Å². The molecular weight excluding hydrogens is 620 g/mol. The second kappa shape index (κ2) is 22.6. The van der Waals surface area contributed by atoms with Crippen molar-refractivity contribution < 1.29 is 29.4 Å². The molecule has 0 bridgehead atoms. The first-order chi connectivity index (χ1) is 23.4. The molecule has 1 fully saturated rings. The number of unbranched alkanes of at least 4 members (excludes halogenated alkanes) is 1. The normalized spacial score (nSPS) is 16.6. The van der Waals surface area contributed by atoms with Crippen LogP contribution in [0.15, 0.2) is 54.6 Å². The number of aliphatic hydroxyl groups is 1. The van der Waals surface area contributed by atoms with E-state index in [0.29, 0.717) is 30.5 Å². The standard InChI is InChI=1S/C35H48N4O6.2C2H6/c1-6-7-8-11-25-15-17-27(18-16-25)32(42)23(4)33(43)37-31(22(2)3)34(44)36-30(21-26-12-9-13-28(41)20-26)35(45)39-19-10-14-29(38-39)24(5)40;2*1-2/h8-9,11-13,15-18,20,22-23,29-32,38,41-42H,6-7,10,14,19,21H2,1-5H3,(H,36,44)(H,37,43);2*1-2H3/b11-8+;;. The molecule has 3 rings (SSSR count). The molecule has 1 heterocycles. The van der Waals surface area contributed by atoms with Crippen LogP contribution in [-0.4, -0.2) is 63.4 Å². The quantitative estimate of drug-likeness (QED) is 0.167. The van der Waals surface area contributed by atoms with Gasteiger partial charge in [-0.15, -0.1) is 0 Å². The smallest absolute Gasteiger partial charge is 0.259 e. The van der Waals surface area contributed by atoms with Crippen LogP contribution in [0.2, 0.25) is 0 Å². The number of rotatable bonds is 14. The second-order valence-electron chi connectivity index (χ2n) is 12.2. The fraction of sp³-hybridized carbons (Fsp3) is 0.538. The highest BCUT2D eigenvalue weighted by molar-refractivity contribution is 5.93. The molecular formula is C39H60N4O6. The van der Waals surface area contributed by atoms with Crippen molar-refractivity contribution in [3.8, 4) is 5.75 Å². The molecule has 1 aliphatic rings. The van der Waals surface area contributed by atoms with Gasteiger partial charge in [0.2, 0.25) is 11.8 Å². The molecule has 5 N–H and O–H groups in total. The molecule has 5 atom stereocenters. The zero-order valence-electron chi connectivity index (χ0n) is 31.0. The highest BCUT2D eigenvalue weighted by atomic mass is 16.3. The zero-order valence-corrected chi connectivity index (χ0v) is 31.0. The Bertz CT molecular complexity index is 1340. The molecule has 3 amide bonds. The van der Waals surface area contributed by atoms with Crippen molar-refractivity contribution in [1.29, 1.82) is 0 Å². The van der Waals surface area contributed by atoms with Crippen LogP contribution in [0.4, 0.5) is 0 Å². The summed E-state index contributed by atoms with van der Waals surface area (Å²) >= 11 is 0. The van der Waals surface area contributed by atoms with E-state index in [-0.39, 0.29) is 23.9 Å². The maximum Gasteiger partial charge on any atom is 0.259 e. The molecule has 0 radical (unpaired) electrons. The van der Waals surface area contributed by atoms with Crippen molar-refractivity contribution >= 4 is 29.6 Å². The topological polar surface area (TPSA) is 148 Å². The van der Waals surface area contributed by atoms with Gasteiger partial charge in [-0.05, 0) is 60.9 Å². The van der Waals surface area contributed by atoms with Gasteiger partial charge in [0.15, 0.2) is 0 Å². The number of phenolic OH excluding ortho intramolecular Hbond substituents is 1. The van der Waals surface area contributed by atoms with Crippen LogP contribution in [-0.2, 0) is 25.6 Å². The number of nitrogens with one attached hydrogen (secondary N) is 3. The number of allylic oxidation sites excluding steroid dienone is 1. The second-order valence-corrected chi connectivity index (χ2v) is 12.2. The maximum absolute atomic E-state index is 13.7. The van der Waals surface area contributed by atoms with E-state index in [4.69, 9.17) is 0 Å². The Morgan fingerprint density at radius 2 is 1.63 bits per heavy atom. The zero-order chi connectivity index (χ0) is 37.1. The summed E-state index contributed by atoms with van der Waals surface area (Å²) in [6.07, 6.45) is 6.37. The van der Waals surface area contributed by atoms with Crippen LogP contribution < -0.4 is 16.1 Å². The van der Waals surface area contributed by atoms with Crippen molar-refractivity contribution in [3.63, 3.8) is 0 Å². The number of phenols is 1. The van der Waals surface area contributed by atoms with Gasteiger partial charge in [0.1, 0.15) is 23.6 Å². The van der Waals surface area contributed by atoms with Crippen molar-refractivity contribution in [3.05, 3.63) is 71.3 Å². The predicted molar refractivity (Wildman–Crippen MR) is 196 cm³/mol. The molecule has 1 aliphatic heterocycles. The Balaban J connectivity index is 0.00000289. The number of Topliss-reactive ketones (excluding diaryl/α,β-unsaturated/α-hetero) is 1. The van der Waals surface area contributed by atoms with Crippen molar-refractivity contribution in [1.82, 2.24) is 21.1 Å². The van der Waals surface area contributed by atoms with Crippen LogP contribution >= 0.6 is 0 Å². The third kappa shape index (κ3) is 13.8. The van der Waals surface area contributed by atoms with Crippen LogP contribution in [0, 0.1) is 11.8 Å². The minimum atomic E-state index is -1.09. The molecule has 272 valence electrons. The molecule has 2 aromatic carbocycles. The number of carbonyl (C=O) groups is 4. The summed E-state index contributed by atoms with van der Waals surface area (Å²) in [5.74, 6) is -2.73. The number of hydrazine groups is 1. The number of nitrogens with zero attached hydrogens (tertiary/aromatic N) is 1. The Kier molecular flexibility index (Phi) is 19.8. The third-order valence-corrected chi connectivity index (χ3v) is 8.09. The number of carbonyl (C=O) groups excluding carboxylic acids is 4. The van der Waals surface area contributed by atoms with E-state index in [9.17, 15) is 29.4 Å². The largest absolute Gasteiger partial charge is 0.508 e. The fourth-order valence-electron chi connectivity index (χ4n) is 5.25. The Morgan fingerprint density at radius 3 is 2.20 bits per heavy atom. The summed E-state index contributed by atoms with van der Waals surface area (Å²) in [4.78, 5) is 52.7. The average Bonchev–Trinajstić information content (AvgIpc) is 3.11. The van der Waals surface area contributed by atoms with Gasteiger partial charge in [-0.25, -0.2) is 5.43 Å². The number of ketones is 1. The molecule has 49 heavy (non-hydrogen) atoms. The number of hydrogen-bond acceptors (Lipinski definition) is 7. The Labute approximate surface area is 293 Å². The molecule has 10 heteroatoms. The molecule has 5 unspecified atom stereocenters. The van der Waals surface area contributed by atoms with Gasteiger partial charge < -0.3 is 20.8 Å². The lowest BCUT2D eigenvalue weighted by molar-refractivity contribution is -0.143. The van der Waals surface area contributed by atoms with E-state index in [1.54, 1.807) is 45.0 Å². The molecule has 0 spiro atoms. The summed E-state index contributed by atoms with van der Waals surface area (Å²) < 4.78 is 0. The van der Waals surface area contributed by atoms with Gasteiger partial charge in [0.05, 0.1) is 18.1 Å². The lowest BCUT2D eigenvalue weighted by Gasteiger charge is -2.35. The van der Waals surface area contributed by atoms with Gasteiger partial charge in [0, 0.05) is 13.0 Å². The first-order valence-electron chi connectivity index (χ1n) is 17.8. The summed E-state index contributed by atoms with van der Waals surface area (Å²) in [5, 5.41) is 27.9. The number of hydrogen-bond donors (Lipinski definition) is 5. The lowest BCUT2D eigenvalue weighted by Crippen LogP contribution is -2.61.